The average Bonchev–Trinajstić information content (AvgIpc) is 2.75. The number of carbonyl (C=O) groups excluding carboxylic acids is 2. The fraction of sp³-hybridized carbons (Fsp3) is 0.733. The van der Waals surface area contributed by atoms with Crippen LogP contribution < -0.4 is 0 Å². The van der Waals surface area contributed by atoms with Crippen molar-refractivity contribution < 1.29 is 19.4 Å². The molecule has 1 unspecified atom stereocenters. The number of ketones is 1. The zero-order valence-electron chi connectivity index (χ0n) is 11.6. The average molecular weight is 264 g/mol. The minimum atomic E-state index is -0.715. The normalized spacial score (nSPS) is 45.9. The Hall–Kier alpha value is -1.16. The molecule has 2 fully saturated rings. The zero-order chi connectivity index (χ0) is 13.9. The smallest absolute Gasteiger partial charge is 0.309 e. The number of hydrogen-bond acceptors (Lipinski definition) is 4. The fourth-order valence-electron chi connectivity index (χ4n) is 4.08. The SMILES string of the molecule is CC1=C2C(CC1=O)[C@@H](C)C[C@H]1OC(=O)[C@@H](C)[C@H]1[C@@H]2O. The van der Waals surface area contributed by atoms with Crippen molar-refractivity contribution in [3.05, 3.63) is 11.1 Å². The molecule has 2 aliphatic carbocycles. The molecule has 0 aromatic heterocycles. The maximum absolute atomic E-state index is 11.9. The van der Waals surface area contributed by atoms with Crippen LogP contribution in [0.5, 0.6) is 0 Å². The van der Waals surface area contributed by atoms with Crippen molar-refractivity contribution in [3.8, 4) is 0 Å². The highest BCUT2D eigenvalue weighted by atomic mass is 16.6. The highest BCUT2D eigenvalue weighted by Crippen LogP contribution is 2.48. The zero-order valence-corrected chi connectivity index (χ0v) is 11.6. The summed E-state index contributed by atoms with van der Waals surface area (Å²) < 4.78 is 5.42. The maximum Gasteiger partial charge on any atom is 0.309 e. The van der Waals surface area contributed by atoms with Crippen LogP contribution in [0.1, 0.15) is 33.6 Å². The summed E-state index contributed by atoms with van der Waals surface area (Å²) in [6.07, 6.45) is 0.328. The molecule has 1 N–H and O–H groups in total. The molecular formula is C15H20O4. The molecule has 1 aliphatic heterocycles. The lowest BCUT2D eigenvalue weighted by molar-refractivity contribution is -0.144. The van der Waals surface area contributed by atoms with Crippen molar-refractivity contribution in [1.29, 1.82) is 0 Å². The predicted molar refractivity (Wildman–Crippen MR) is 68.1 cm³/mol. The first kappa shape index (κ1) is 12.9. The van der Waals surface area contributed by atoms with Gasteiger partial charge >= 0.3 is 5.97 Å². The number of esters is 1. The third kappa shape index (κ3) is 1.69. The Morgan fingerprint density at radius 2 is 1.95 bits per heavy atom. The molecule has 3 aliphatic rings. The van der Waals surface area contributed by atoms with E-state index < -0.39 is 6.10 Å². The summed E-state index contributed by atoms with van der Waals surface area (Å²) in [7, 11) is 0. The summed E-state index contributed by atoms with van der Waals surface area (Å²) in [6, 6.07) is 0. The van der Waals surface area contributed by atoms with E-state index >= 15 is 0 Å². The van der Waals surface area contributed by atoms with Crippen molar-refractivity contribution in [2.45, 2.75) is 45.8 Å². The first-order valence-corrected chi connectivity index (χ1v) is 7.04. The van der Waals surface area contributed by atoms with Crippen LogP contribution in [0.3, 0.4) is 0 Å². The van der Waals surface area contributed by atoms with Gasteiger partial charge in [0.15, 0.2) is 5.78 Å². The van der Waals surface area contributed by atoms with Gasteiger partial charge in [-0.25, -0.2) is 0 Å². The second-order valence-electron chi connectivity index (χ2n) is 6.31. The summed E-state index contributed by atoms with van der Waals surface area (Å²) >= 11 is 0. The highest BCUT2D eigenvalue weighted by Gasteiger charge is 2.53. The molecule has 1 heterocycles. The molecule has 6 atom stereocenters. The number of aliphatic hydroxyl groups is 1. The van der Waals surface area contributed by atoms with Crippen LogP contribution in [0.25, 0.3) is 0 Å². The second-order valence-corrected chi connectivity index (χ2v) is 6.31. The van der Waals surface area contributed by atoms with Gasteiger partial charge in [-0.3, -0.25) is 9.59 Å². The number of carbonyl (C=O) groups is 2. The van der Waals surface area contributed by atoms with Gasteiger partial charge in [0.05, 0.1) is 12.0 Å². The lowest BCUT2D eigenvalue weighted by atomic mass is 9.82. The molecule has 1 saturated carbocycles. The number of Topliss-reactive ketones (excluding diaryl/α,β-unsaturated/α-hetero) is 1. The summed E-state index contributed by atoms with van der Waals surface area (Å²) in [5.41, 5.74) is 1.58. The molecule has 0 aromatic carbocycles. The molecule has 4 heteroatoms. The molecule has 1 saturated heterocycles. The van der Waals surface area contributed by atoms with Crippen LogP contribution in [0, 0.1) is 23.7 Å². The maximum atomic E-state index is 11.9. The Labute approximate surface area is 112 Å². The first-order chi connectivity index (χ1) is 8.91. The molecule has 0 aromatic rings. The Balaban J connectivity index is 2.05. The van der Waals surface area contributed by atoms with Gasteiger partial charge in [0, 0.05) is 12.3 Å². The van der Waals surface area contributed by atoms with Gasteiger partial charge in [-0.2, -0.15) is 0 Å². The van der Waals surface area contributed by atoms with Crippen LogP contribution in [0.15, 0.2) is 11.1 Å². The second kappa shape index (κ2) is 4.17. The standard InChI is InChI=1S/C15H20O4/c1-6-4-11-13(8(3)15(18)19-11)14(17)12-7(2)10(16)5-9(6)12/h6,8-9,11,13-14,17H,4-5H2,1-3H3/t6-,8-,9?,11+,13+,14+/m0/s1. The summed E-state index contributed by atoms with van der Waals surface area (Å²) in [5, 5.41) is 10.7. The third-order valence-corrected chi connectivity index (χ3v) is 5.28. The van der Waals surface area contributed by atoms with E-state index in [0.717, 1.165) is 12.0 Å². The van der Waals surface area contributed by atoms with Crippen molar-refractivity contribution in [2.24, 2.45) is 23.7 Å². The molecular weight excluding hydrogens is 244 g/mol. The largest absolute Gasteiger partial charge is 0.462 e. The topological polar surface area (TPSA) is 63.6 Å². The molecule has 0 amide bonds. The number of fused-ring (bicyclic) bond motifs is 2. The van der Waals surface area contributed by atoms with Crippen molar-refractivity contribution in [2.75, 3.05) is 0 Å². The number of rotatable bonds is 0. The summed E-state index contributed by atoms with van der Waals surface area (Å²) in [5.74, 6) is -0.180. The molecule has 4 nitrogen and oxygen atoms in total. The fourth-order valence-corrected chi connectivity index (χ4v) is 4.08. The Morgan fingerprint density at radius 3 is 2.63 bits per heavy atom. The number of aliphatic hydroxyl groups excluding tert-OH is 1. The molecule has 19 heavy (non-hydrogen) atoms. The van der Waals surface area contributed by atoms with E-state index in [-0.39, 0.29) is 41.5 Å². The monoisotopic (exact) mass is 264 g/mol. The third-order valence-electron chi connectivity index (χ3n) is 5.28. The van der Waals surface area contributed by atoms with E-state index in [1.807, 2.05) is 6.92 Å². The quantitative estimate of drug-likeness (QED) is 0.673. The number of ether oxygens (including phenoxy) is 1. The summed E-state index contributed by atoms with van der Waals surface area (Å²) in [6.45, 7) is 5.70. The van der Waals surface area contributed by atoms with Crippen LogP contribution in [0.4, 0.5) is 0 Å². The lowest BCUT2D eigenvalue weighted by Gasteiger charge is -2.24. The molecule has 0 radical (unpaired) electrons. The van der Waals surface area contributed by atoms with Crippen LogP contribution in [-0.4, -0.2) is 29.1 Å². The molecule has 0 bridgehead atoms. The van der Waals surface area contributed by atoms with Gasteiger partial charge < -0.3 is 9.84 Å². The van der Waals surface area contributed by atoms with E-state index in [2.05, 4.69) is 6.92 Å². The van der Waals surface area contributed by atoms with Gasteiger partial charge in [-0.05, 0) is 36.3 Å². The van der Waals surface area contributed by atoms with Gasteiger partial charge in [0.2, 0.25) is 0 Å². The van der Waals surface area contributed by atoms with E-state index in [0.29, 0.717) is 12.0 Å². The number of allylic oxidation sites excluding steroid dienone is 1. The minimum Gasteiger partial charge on any atom is -0.462 e. The predicted octanol–water partition coefficient (Wildman–Crippen LogP) is 1.47. The molecule has 3 rings (SSSR count). The Bertz CT molecular complexity index is 479. The van der Waals surface area contributed by atoms with Crippen molar-refractivity contribution >= 4 is 11.8 Å². The van der Waals surface area contributed by atoms with Gasteiger partial charge in [-0.1, -0.05) is 13.8 Å². The summed E-state index contributed by atoms with van der Waals surface area (Å²) in [4.78, 5) is 23.6. The lowest BCUT2D eigenvalue weighted by Crippen LogP contribution is -2.32. The number of hydrogen-bond donors (Lipinski definition) is 1. The van der Waals surface area contributed by atoms with E-state index in [9.17, 15) is 14.7 Å². The minimum absolute atomic E-state index is 0.124. The first-order valence-electron chi connectivity index (χ1n) is 7.04. The van der Waals surface area contributed by atoms with Gasteiger partial charge in [0.25, 0.3) is 0 Å². The van der Waals surface area contributed by atoms with Crippen molar-refractivity contribution in [1.82, 2.24) is 0 Å². The van der Waals surface area contributed by atoms with Crippen molar-refractivity contribution in [3.63, 3.8) is 0 Å². The van der Waals surface area contributed by atoms with Crippen LogP contribution in [0.2, 0.25) is 0 Å². The van der Waals surface area contributed by atoms with Gasteiger partial charge in [-0.15, -0.1) is 0 Å². The van der Waals surface area contributed by atoms with Crippen LogP contribution >= 0.6 is 0 Å². The van der Waals surface area contributed by atoms with E-state index in [1.54, 1.807) is 6.92 Å². The molecule has 104 valence electrons. The Morgan fingerprint density at radius 1 is 1.26 bits per heavy atom. The highest BCUT2D eigenvalue weighted by molar-refractivity contribution is 5.99. The van der Waals surface area contributed by atoms with E-state index in [4.69, 9.17) is 4.74 Å². The van der Waals surface area contributed by atoms with E-state index in [1.165, 1.54) is 0 Å². The Kier molecular flexibility index (Phi) is 2.82. The van der Waals surface area contributed by atoms with Crippen LogP contribution in [-0.2, 0) is 14.3 Å². The van der Waals surface area contributed by atoms with Gasteiger partial charge in [0.1, 0.15) is 6.10 Å². The molecule has 0 spiro atoms.